The number of fused-ring (bicyclic) bond motifs is 1. The lowest BCUT2D eigenvalue weighted by Gasteiger charge is -2.29. The molecule has 0 radical (unpaired) electrons. The van der Waals surface area contributed by atoms with Crippen LogP contribution in [0.15, 0.2) is 24.3 Å². The highest BCUT2D eigenvalue weighted by Crippen LogP contribution is 2.38. The molecule has 3 rings (SSSR count). The summed E-state index contributed by atoms with van der Waals surface area (Å²) in [6, 6.07) is 7.59. The van der Waals surface area contributed by atoms with E-state index in [0.29, 0.717) is 12.5 Å². The lowest BCUT2D eigenvalue weighted by atomic mass is 10.1. The Bertz CT molecular complexity index is 360. The van der Waals surface area contributed by atoms with E-state index in [2.05, 4.69) is 0 Å². The molecule has 1 aliphatic heterocycles. The molecule has 2 unspecified atom stereocenters. The first-order valence-electron chi connectivity index (χ1n) is 5.41. The van der Waals surface area contributed by atoms with Crippen molar-refractivity contribution in [3.05, 3.63) is 24.3 Å². The molecular weight excluding hydrogens is 192 g/mol. The minimum Gasteiger partial charge on any atom is -0.486 e. The Labute approximate surface area is 88.6 Å². The van der Waals surface area contributed by atoms with Crippen LogP contribution in [0.4, 0.5) is 0 Å². The molecule has 1 heterocycles. The standard InChI is InChI=1S/C12H14O3/c13-12(8-5-6-8)11-7-14-9-3-1-2-4-10(9)15-11/h1-4,8,11-13H,5-7H2. The van der Waals surface area contributed by atoms with Crippen LogP contribution in [0.25, 0.3) is 0 Å². The quantitative estimate of drug-likeness (QED) is 0.798. The van der Waals surface area contributed by atoms with Crippen LogP contribution in [-0.2, 0) is 0 Å². The van der Waals surface area contributed by atoms with Crippen molar-refractivity contribution in [2.24, 2.45) is 5.92 Å². The number of benzene rings is 1. The van der Waals surface area contributed by atoms with E-state index in [9.17, 15) is 5.11 Å². The molecule has 3 heteroatoms. The highest BCUT2D eigenvalue weighted by atomic mass is 16.6. The molecule has 15 heavy (non-hydrogen) atoms. The van der Waals surface area contributed by atoms with Gasteiger partial charge in [-0.15, -0.1) is 0 Å². The smallest absolute Gasteiger partial charge is 0.161 e. The van der Waals surface area contributed by atoms with Crippen LogP contribution in [0.3, 0.4) is 0 Å². The first-order chi connectivity index (χ1) is 7.34. The number of rotatable bonds is 2. The minimum absolute atomic E-state index is 0.201. The van der Waals surface area contributed by atoms with Crippen molar-refractivity contribution in [3.8, 4) is 11.5 Å². The Morgan fingerprint density at radius 2 is 1.93 bits per heavy atom. The minimum atomic E-state index is -0.377. The van der Waals surface area contributed by atoms with Gasteiger partial charge in [0.15, 0.2) is 17.6 Å². The first-order valence-corrected chi connectivity index (χ1v) is 5.41. The Kier molecular flexibility index (Phi) is 2.06. The van der Waals surface area contributed by atoms with Crippen LogP contribution in [0.1, 0.15) is 12.8 Å². The monoisotopic (exact) mass is 206 g/mol. The molecule has 0 aromatic heterocycles. The molecule has 0 saturated heterocycles. The fourth-order valence-corrected chi connectivity index (χ4v) is 1.95. The average Bonchev–Trinajstić information content (AvgIpc) is 3.11. The predicted molar refractivity (Wildman–Crippen MR) is 55.1 cm³/mol. The van der Waals surface area contributed by atoms with Crippen molar-refractivity contribution < 1.29 is 14.6 Å². The molecule has 1 aromatic carbocycles. The zero-order valence-electron chi connectivity index (χ0n) is 8.43. The van der Waals surface area contributed by atoms with E-state index >= 15 is 0 Å². The van der Waals surface area contributed by atoms with Crippen molar-refractivity contribution in [1.82, 2.24) is 0 Å². The molecule has 0 amide bonds. The van der Waals surface area contributed by atoms with E-state index in [0.717, 1.165) is 24.3 Å². The molecule has 1 aromatic rings. The zero-order chi connectivity index (χ0) is 10.3. The van der Waals surface area contributed by atoms with Gasteiger partial charge in [-0.2, -0.15) is 0 Å². The maximum atomic E-state index is 9.93. The highest BCUT2D eigenvalue weighted by Gasteiger charge is 2.38. The predicted octanol–water partition coefficient (Wildman–Crippen LogP) is 1.60. The fourth-order valence-electron chi connectivity index (χ4n) is 1.95. The van der Waals surface area contributed by atoms with Crippen molar-refractivity contribution in [1.29, 1.82) is 0 Å². The molecule has 80 valence electrons. The number of aliphatic hydroxyl groups excluding tert-OH is 1. The Balaban J connectivity index is 1.76. The van der Waals surface area contributed by atoms with Crippen molar-refractivity contribution in [2.75, 3.05) is 6.61 Å². The van der Waals surface area contributed by atoms with Crippen LogP contribution in [0.2, 0.25) is 0 Å². The van der Waals surface area contributed by atoms with Gasteiger partial charge in [-0.1, -0.05) is 12.1 Å². The largest absolute Gasteiger partial charge is 0.486 e. The third kappa shape index (κ3) is 1.67. The summed E-state index contributed by atoms with van der Waals surface area (Å²) in [6.07, 6.45) is 1.65. The summed E-state index contributed by atoms with van der Waals surface area (Å²) >= 11 is 0. The molecule has 2 aliphatic rings. The van der Waals surface area contributed by atoms with E-state index in [1.165, 1.54) is 0 Å². The maximum absolute atomic E-state index is 9.93. The molecule has 2 atom stereocenters. The average molecular weight is 206 g/mol. The van der Waals surface area contributed by atoms with Crippen LogP contribution in [0, 0.1) is 5.92 Å². The third-order valence-corrected chi connectivity index (χ3v) is 3.02. The van der Waals surface area contributed by atoms with Gasteiger partial charge in [0, 0.05) is 0 Å². The van der Waals surface area contributed by atoms with Crippen LogP contribution in [0.5, 0.6) is 11.5 Å². The van der Waals surface area contributed by atoms with Gasteiger partial charge in [-0.25, -0.2) is 0 Å². The summed E-state index contributed by atoms with van der Waals surface area (Å²) in [5.74, 6) is 1.94. The summed E-state index contributed by atoms with van der Waals surface area (Å²) in [5, 5.41) is 9.93. The summed E-state index contributed by atoms with van der Waals surface area (Å²) in [4.78, 5) is 0. The van der Waals surface area contributed by atoms with Gasteiger partial charge in [0.05, 0.1) is 6.10 Å². The number of hydrogen-bond acceptors (Lipinski definition) is 3. The summed E-state index contributed by atoms with van der Waals surface area (Å²) in [5.41, 5.74) is 0. The van der Waals surface area contributed by atoms with Gasteiger partial charge < -0.3 is 14.6 Å². The molecule has 0 bridgehead atoms. The maximum Gasteiger partial charge on any atom is 0.161 e. The summed E-state index contributed by atoms with van der Waals surface area (Å²) < 4.78 is 11.3. The van der Waals surface area contributed by atoms with Gasteiger partial charge >= 0.3 is 0 Å². The number of para-hydroxylation sites is 2. The summed E-state index contributed by atoms with van der Waals surface area (Å²) in [6.45, 7) is 0.453. The molecule has 0 spiro atoms. The van der Waals surface area contributed by atoms with Crippen LogP contribution in [-0.4, -0.2) is 23.9 Å². The third-order valence-electron chi connectivity index (χ3n) is 3.02. The molecule has 3 nitrogen and oxygen atoms in total. The van der Waals surface area contributed by atoms with Gasteiger partial charge in [0.2, 0.25) is 0 Å². The second-order valence-corrected chi connectivity index (χ2v) is 4.24. The van der Waals surface area contributed by atoms with Gasteiger partial charge in [0.25, 0.3) is 0 Å². The van der Waals surface area contributed by atoms with E-state index in [1.807, 2.05) is 24.3 Å². The number of aliphatic hydroxyl groups is 1. The van der Waals surface area contributed by atoms with Gasteiger partial charge in [-0.3, -0.25) is 0 Å². The van der Waals surface area contributed by atoms with Crippen LogP contribution >= 0.6 is 0 Å². The lowest BCUT2D eigenvalue weighted by molar-refractivity contribution is -0.0202. The van der Waals surface area contributed by atoms with E-state index in [1.54, 1.807) is 0 Å². The second kappa shape index (κ2) is 3.42. The Hall–Kier alpha value is -1.22. The molecule has 1 N–H and O–H groups in total. The van der Waals surface area contributed by atoms with Crippen molar-refractivity contribution >= 4 is 0 Å². The Morgan fingerprint density at radius 3 is 2.67 bits per heavy atom. The van der Waals surface area contributed by atoms with E-state index in [4.69, 9.17) is 9.47 Å². The lowest BCUT2D eigenvalue weighted by Crippen LogP contribution is -2.40. The fraction of sp³-hybridized carbons (Fsp3) is 0.500. The summed E-state index contributed by atoms with van der Waals surface area (Å²) in [7, 11) is 0. The highest BCUT2D eigenvalue weighted by molar-refractivity contribution is 5.40. The normalized spacial score (nSPS) is 26.1. The van der Waals surface area contributed by atoms with E-state index < -0.39 is 0 Å². The number of ether oxygens (including phenoxy) is 2. The first kappa shape index (κ1) is 9.04. The van der Waals surface area contributed by atoms with Crippen molar-refractivity contribution in [3.63, 3.8) is 0 Å². The SMILES string of the molecule is OC(C1CC1)C1COc2ccccc2O1. The Morgan fingerprint density at radius 1 is 1.20 bits per heavy atom. The van der Waals surface area contributed by atoms with Gasteiger partial charge in [-0.05, 0) is 30.9 Å². The van der Waals surface area contributed by atoms with Crippen molar-refractivity contribution in [2.45, 2.75) is 25.0 Å². The number of hydrogen-bond donors (Lipinski definition) is 1. The topological polar surface area (TPSA) is 38.7 Å². The molecule has 1 fully saturated rings. The zero-order valence-corrected chi connectivity index (χ0v) is 8.43. The molecule has 1 saturated carbocycles. The van der Waals surface area contributed by atoms with Gasteiger partial charge in [0.1, 0.15) is 6.61 Å². The van der Waals surface area contributed by atoms with E-state index in [-0.39, 0.29) is 12.2 Å². The van der Waals surface area contributed by atoms with Crippen LogP contribution < -0.4 is 9.47 Å². The second-order valence-electron chi connectivity index (χ2n) is 4.24. The molecule has 1 aliphatic carbocycles. The molecular formula is C12H14O3.